The van der Waals surface area contributed by atoms with Gasteiger partial charge in [0.25, 0.3) is 10.0 Å². The highest BCUT2D eigenvalue weighted by Gasteiger charge is 2.34. The number of rotatable bonds is 4. The van der Waals surface area contributed by atoms with Gasteiger partial charge in [-0.1, -0.05) is 6.42 Å². The van der Waals surface area contributed by atoms with Crippen LogP contribution in [0.25, 0.3) is 0 Å². The molecule has 1 aromatic rings. The molecule has 0 radical (unpaired) electrons. The fraction of sp³-hybridized carbons (Fsp3) is 0.727. The van der Waals surface area contributed by atoms with E-state index in [0.717, 1.165) is 24.3 Å². The Kier molecular flexibility index (Phi) is 4.37. The topological polar surface area (TPSA) is 62.3 Å². The molecule has 2 heterocycles. The van der Waals surface area contributed by atoms with Gasteiger partial charge < -0.3 is 5.32 Å². The van der Waals surface area contributed by atoms with Crippen LogP contribution in [0, 0.1) is 6.92 Å². The zero-order chi connectivity index (χ0) is 13.2. The minimum Gasteiger partial charge on any atom is -0.318 e. The smallest absolute Gasteiger partial charge is 0.254 e. The summed E-state index contributed by atoms with van der Waals surface area (Å²) in [5.41, 5.74) is 0. The Hall–Kier alpha value is -0.500. The first kappa shape index (κ1) is 13.9. The van der Waals surface area contributed by atoms with E-state index >= 15 is 0 Å². The van der Waals surface area contributed by atoms with Crippen LogP contribution in [0.5, 0.6) is 0 Å². The quantitative estimate of drug-likeness (QED) is 0.905. The molecular formula is C11H19N3O2S2. The number of thiazole rings is 1. The lowest BCUT2D eigenvalue weighted by molar-refractivity contribution is 0.249. The Labute approximate surface area is 112 Å². The van der Waals surface area contributed by atoms with Crippen molar-refractivity contribution < 1.29 is 8.42 Å². The predicted octanol–water partition coefficient (Wildman–Crippen LogP) is 1.21. The van der Waals surface area contributed by atoms with Crippen molar-refractivity contribution in [1.82, 2.24) is 14.6 Å². The molecule has 1 aliphatic rings. The Morgan fingerprint density at radius 2 is 2.33 bits per heavy atom. The van der Waals surface area contributed by atoms with Crippen LogP contribution >= 0.6 is 11.3 Å². The number of aromatic nitrogens is 1. The van der Waals surface area contributed by atoms with E-state index in [1.165, 1.54) is 17.5 Å². The lowest BCUT2D eigenvalue weighted by Gasteiger charge is -2.34. The molecule has 18 heavy (non-hydrogen) atoms. The standard InChI is InChI=1S/C11H19N3O2S2/c1-9-13-8-11(17-9)18(15,16)14-6-4-3-5-10(14)7-12-2/h8,10,12H,3-7H2,1-2H3. The molecule has 1 aliphatic heterocycles. The summed E-state index contributed by atoms with van der Waals surface area (Å²) in [6, 6.07) is 0.0659. The Morgan fingerprint density at radius 1 is 1.56 bits per heavy atom. The number of piperidine rings is 1. The molecule has 1 saturated heterocycles. The minimum atomic E-state index is -3.36. The lowest BCUT2D eigenvalue weighted by atomic mass is 10.1. The van der Waals surface area contributed by atoms with Crippen molar-refractivity contribution >= 4 is 21.4 Å². The maximum atomic E-state index is 12.6. The number of sulfonamides is 1. The number of nitrogens with zero attached hydrogens (tertiary/aromatic N) is 2. The van der Waals surface area contributed by atoms with Crippen LogP contribution in [-0.2, 0) is 10.0 Å². The van der Waals surface area contributed by atoms with Gasteiger partial charge in [-0.25, -0.2) is 13.4 Å². The van der Waals surface area contributed by atoms with E-state index in [2.05, 4.69) is 10.3 Å². The molecule has 1 unspecified atom stereocenters. The molecule has 7 heteroatoms. The molecule has 0 bridgehead atoms. The lowest BCUT2D eigenvalue weighted by Crippen LogP contribution is -2.47. The summed E-state index contributed by atoms with van der Waals surface area (Å²) in [6.45, 7) is 3.15. The first-order chi connectivity index (χ1) is 8.55. The molecule has 0 spiro atoms. The summed E-state index contributed by atoms with van der Waals surface area (Å²) >= 11 is 1.25. The Bertz CT molecular complexity index is 496. The van der Waals surface area contributed by atoms with Crippen LogP contribution in [-0.4, -0.2) is 43.9 Å². The van der Waals surface area contributed by atoms with Gasteiger partial charge in [-0.3, -0.25) is 0 Å². The largest absolute Gasteiger partial charge is 0.318 e. The fourth-order valence-electron chi connectivity index (χ4n) is 2.31. The van der Waals surface area contributed by atoms with Crippen molar-refractivity contribution in [2.45, 2.75) is 36.4 Å². The van der Waals surface area contributed by atoms with E-state index in [1.807, 2.05) is 14.0 Å². The minimum absolute atomic E-state index is 0.0659. The van der Waals surface area contributed by atoms with Crippen LogP contribution in [0.1, 0.15) is 24.3 Å². The van der Waals surface area contributed by atoms with Gasteiger partial charge >= 0.3 is 0 Å². The average Bonchev–Trinajstić information content (AvgIpc) is 2.78. The molecule has 102 valence electrons. The predicted molar refractivity (Wildman–Crippen MR) is 72.3 cm³/mol. The number of hydrogen-bond acceptors (Lipinski definition) is 5. The first-order valence-corrected chi connectivity index (χ1v) is 8.40. The summed E-state index contributed by atoms with van der Waals surface area (Å²) in [4.78, 5) is 4.05. The van der Waals surface area contributed by atoms with Gasteiger partial charge in [0.15, 0.2) is 4.21 Å². The molecule has 5 nitrogen and oxygen atoms in total. The fourth-order valence-corrected chi connectivity index (χ4v) is 5.24. The maximum absolute atomic E-state index is 12.6. The van der Waals surface area contributed by atoms with Gasteiger partial charge in [0.1, 0.15) is 0 Å². The number of nitrogens with one attached hydrogen (secondary N) is 1. The molecule has 0 aliphatic carbocycles. The van der Waals surface area contributed by atoms with Crippen molar-refractivity contribution in [2.24, 2.45) is 0 Å². The van der Waals surface area contributed by atoms with Crippen molar-refractivity contribution in [3.8, 4) is 0 Å². The Morgan fingerprint density at radius 3 is 2.94 bits per heavy atom. The average molecular weight is 289 g/mol. The van der Waals surface area contributed by atoms with Crippen molar-refractivity contribution in [3.05, 3.63) is 11.2 Å². The van der Waals surface area contributed by atoms with Gasteiger partial charge in [-0.05, 0) is 26.8 Å². The molecule has 1 atom stereocenters. The maximum Gasteiger partial charge on any atom is 0.254 e. The number of aryl methyl sites for hydroxylation is 1. The SMILES string of the molecule is CNCC1CCCCN1S(=O)(=O)c1cnc(C)s1. The van der Waals surface area contributed by atoms with Crippen molar-refractivity contribution in [3.63, 3.8) is 0 Å². The molecule has 1 N–H and O–H groups in total. The summed E-state index contributed by atoms with van der Waals surface area (Å²) in [5, 5.41) is 3.87. The molecule has 0 aromatic carbocycles. The second-order valence-corrected chi connectivity index (χ2v) is 7.87. The van der Waals surface area contributed by atoms with Crippen LogP contribution in [0.2, 0.25) is 0 Å². The third kappa shape index (κ3) is 2.74. The first-order valence-electron chi connectivity index (χ1n) is 6.14. The van der Waals surface area contributed by atoms with E-state index in [1.54, 1.807) is 4.31 Å². The second-order valence-electron chi connectivity index (χ2n) is 4.52. The number of hydrogen-bond donors (Lipinski definition) is 1. The van der Waals surface area contributed by atoms with E-state index in [9.17, 15) is 8.42 Å². The van der Waals surface area contributed by atoms with Crippen LogP contribution in [0.3, 0.4) is 0 Å². The molecule has 0 saturated carbocycles. The molecule has 1 aromatic heterocycles. The van der Waals surface area contributed by atoms with Gasteiger partial charge in [-0.15, -0.1) is 11.3 Å². The van der Waals surface area contributed by atoms with E-state index in [0.29, 0.717) is 17.3 Å². The van der Waals surface area contributed by atoms with Gasteiger partial charge in [0.05, 0.1) is 11.2 Å². The van der Waals surface area contributed by atoms with Crippen molar-refractivity contribution in [2.75, 3.05) is 20.1 Å². The summed E-state index contributed by atoms with van der Waals surface area (Å²) in [6.07, 6.45) is 4.44. The monoisotopic (exact) mass is 289 g/mol. The van der Waals surface area contributed by atoms with Gasteiger partial charge in [0.2, 0.25) is 0 Å². The second kappa shape index (κ2) is 5.64. The summed E-state index contributed by atoms with van der Waals surface area (Å²) in [7, 11) is -1.51. The zero-order valence-electron chi connectivity index (χ0n) is 10.7. The number of likely N-dealkylation sites (N-methyl/N-ethyl adjacent to an activating group) is 1. The van der Waals surface area contributed by atoms with Crippen LogP contribution in [0.15, 0.2) is 10.4 Å². The third-order valence-corrected chi connectivity index (χ3v) is 6.48. The van der Waals surface area contributed by atoms with Gasteiger partial charge in [-0.2, -0.15) is 4.31 Å². The van der Waals surface area contributed by atoms with E-state index in [4.69, 9.17) is 0 Å². The van der Waals surface area contributed by atoms with Gasteiger partial charge in [0, 0.05) is 19.1 Å². The van der Waals surface area contributed by atoms with Crippen molar-refractivity contribution in [1.29, 1.82) is 0 Å². The Balaban J connectivity index is 2.27. The normalized spacial score (nSPS) is 22.2. The highest BCUT2D eigenvalue weighted by atomic mass is 32.2. The zero-order valence-corrected chi connectivity index (χ0v) is 12.4. The third-order valence-electron chi connectivity index (χ3n) is 3.18. The van der Waals surface area contributed by atoms with Crippen LogP contribution in [0.4, 0.5) is 0 Å². The van der Waals surface area contributed by atoms with E-state index in [-0.39, 0.29) is 6.04 Å². The summed E-state index contributed by atoms with van der Waals surface area (Å²) < 4.78 is 27.1. The highest BCUT2D eigenvalue weighted by Crippen LogP contribution is 2.28. The van der Waals surface area contributed by atoms with E-state index < -0.39 is 10.0 Å². The van der Waals surface area contributed by atoms with Crippen LogP contribution < -0.4 is 5.32 Å². The molecule has 2 rings (SSSR count). The highest BCUT2D eigenvalue weighted by molar-refractivity contribution is 7.91. The molecular weight excluding hydrogens is 270 g/mol. The summed E-state index contributed by atoms with van der Waals surface area (Å²) in [5.74, 6) is 0. The molecule has 1 fully saturated rings. The molecule has 0 amide bonds.